The number of morpholine rings is 1. The molecule has 1 unspecified atom stereocenters. The summed E-state index contributed by atoms with van der Waals surface area (Å²) in [6.07, 6.45) is 11.8. The van der Waals surface area contributed by atoms with Crippen molar-refractivity contribution in [2.45, 2.75) is 25.2 Å². The molecule has 0 bridgehead atoms. The Morgan fingerprint density at radius 2 is 1.82 bits per heavy atom. The van der Waals surface area contributed by atoms with Crippen LogP contribution in [0, 0.1) is 5.92 Å². The minimum absolute atomic E-state index is 0.188. The lowest BCUT2D eigenvalue weighted by atomic mass is 9.85. The third kappa shape index (κ3) is 6.51. The van der Waals surface area contributed by atoms with Crippen molar-refractivity contribution in [3.8, 4) is 0 Å². The van der Waals surface area contributed by atoms with Crippen LogP contribution in [0.2, 0.25) is 0 Å². The number of benzene rings is 1. The summed E-state index contributed by atoms with van der Waals surface area (Å²) in [7, 11) is 0. The number of thioether (sulfide) groups is 1. The summed E-state index contributed by atoms with van der Waals surface area (Å²) in [5, 5.41) is 0. The number of hydrogen-bond acceptors (Lipinski definition) is 6. The molecule has 0 amide bonds. The molecule has 3 aliphatic heterocycles. The average molecular weight is 480 g/mol. The number of aliphatic imine (C=N–C) groups is 1. The van der Waals surface area contributed by atoms with Crippen LogP contribution in [-0.4, -0.2) is 73.9 Å². The molecule has 4 aliphatic rings. The minimum Gasteiger partial charge on any atom is -0.476 e. The molecular formula is C28H37N3O2S. The second-order valence-electron chi connectivity index (χ2n) is 8.53. The zero-order chi connectivity index (χ0) is 23.6. The third-order valence-electron chi connectivity index (χ3n) is 6.28. The van der Waals surface area contributed by atoms with Crippen LogP contribution in [-0.2, 0) is 9.47 Å². The van der Waals surface area contributed by atoms with E-state index in [1.807, 2.05) is 37.9 Å². The van der Waals surface area contributed by atoms with Gasteiger partial charge in [-0.25, -0.2) is 0 Å². The van der Waals surface area contributed by atoms with E-state index in [1.165, 1.54) is 16.0 Å². The van der Waals surface area contributed by atoms with Gasteiger partial charge in [0.1, 0.15) is 12.5 Å². The molecule has 182 valence electrons. The summed E-state index contributed by atoms with van der Waals surface area (Å²) in [4.78, 5) is 11.0. The van der Waals surface area contributed by atoms with Gasteiger partial charge >= 0.3 is 0 Å². The maximum absolute atomic E-state index is 6.30. The summed E-state index contributed by atoms with van der Waals surface area (Å²) in [6, 6.07) is 10.6. The Balaban J connectivity index is 0.00000133. The molecule has 1 saturated heterocycles. The van der Waals surface area contributed by atoms with E-state index in [9.17, 15) is 0 Å². The van der Waals surface area contributed by atoms with Gasteiger partial charge in [0.25, 0.3) is 0 Å². The number of allylic oxidation sites excluding steroid dienone is 4. The quantitative estimate of drug-likeness (QED) is 0.506. The number of nitrogens with zero attached hydrogens (tertiary/aromatic N) is 3. The Labute approximate surface area is 208 Å². The van der Waals surface area contributed by atoms with Crippen LogP contribution in [0.15, 0.2) is 87.6 Å². The second-order valence-corrected chi connectivity index (χ2v) is 9.58. The molecule has 34 heavy (non-hydrogen) atoms. The normalized spacial score (nSPS) is 22.5. The highest BCUT2D eigenvalue weighted by molar-refractivity contribution is 7.99. The topological polar surface area (TPSA) is 37.3 Å². The standard InChI is InChI=1S/C26H31N3O2S.C2H6/c1-2-7-23(8-3-1)32-19-22-17-21-18-29(12-6-11-28-13-15-30-16-14-28)20-31-26(21)25-24(22)9-4-5-10-27-25;1-2/h1-5,7-10,17,24H,6,11-16,18-20H2;1-2H3. The average Bonchev–Trinajstić information content (AvgIpc) is 3.16. The van der Waals surface area contributed by atoms with Gasteiger partial charge in [-0.1, -0.05) is 50.3 Å². The first-order chi connectivity index (χ1) is 16.9. The monoisotopic (exact) mass is 479 g/mol. The number of ether oxygens (including phenoxy) is 2. The van der Waals surface area contributed by atoms with Crippen molar-refractivity contribution in [2.24, 2.45) is 10.9 Å². The van der Waals surface area contributed by atoms with Gasteiger partial charge in [-0.15, -0.1) is 11.8 Å². The molecule has 1 aromatic rings. The van der Waals surface area contributed by atoms with Gasteiger partial charge in [-0.05, 0) is 36.7 Å². The Hall–Kier alpha value is -2.12. The predicted octanol–water partition coefficient (Wildman–Crippen LogP) is 5.15. The maximum Gasteiger partial charge on any atom is 0.148 e. The maximum atomic E-state index is 6.30. The van der Waals surface area contributed by atoms with Crippen molar-refractivity contribution < 1.29 is 9.47 Å². The van der Waals surface area contributed by atoms with Crippen molar-refractivity contribution in [1.82, 2.24) is 9.80 Å². The van der Waals surface area contributed by atoms with Crippen LogP contribution < -0.4 is 0 Å². The Kier molecular flexibility index (Phi) is 9.63. The molecule has 5 nitrogen and oxygen atoms in total. The summed E-state index contributed by atoms with van der Waals surface area (Å²) in [5.41, 5.74) is 3.73. The molecule has 1 aromatic carbocycles. The smallest absolute Gasteiger partial charge is 0.148 e. The molecule has 0 spiro atoms. The van der Waals surface area contributed by atoms with Crippen molar-refractivity contribution >= 4 is 17.5 Å². The van der Waals surface area contributed by atoms with E-state index in [1.54, 1.807) is 0 Å². The van der Waals surface area contributed by atoms with Crippen LogP contribution in [0.25, 0.3) is 0 Å². The molecule has 1 aliphatic carbocycles. The van der Waals surface area contributed by atoms with Gasteiger partial charge in [0.15, 0.2) is 0 Å². The van der Waals surface area contributed by atoms with Crippen LogP contribution in [0.4, 0.5) is 0 Å². The fourth-order valence-electron chi connectivity index (χ4n) is 4.59. The van der Waals surface area contributed by atoms with Crippen LogP contribution in [0.3, 0.4) is 0 Å². The fourth-order valence-corrected chi connectivity index (χ4v) is 5.54. The minimum atomic E-state index is 0.188. The number of hydrogen-bond donors (Lipinski definition) is 0. The SMILES string of the molecule is C1=CN=C2C3=C(C=C(CSc4ccccc4)C2C=C1)CN(CCCN1CCOCC1)CO3.CC. The first kappa shape index (κ1) is 25.0. The zero-order valence-electron chi connectivity index (χ0n) is 20.5. The predicted molar refractivity (Wildman–Crippen MR) is 142 cm³/mol. The van der Waals surface area contributed by atoms with Gasteiger partial charge < -0.3 is 9.47 Å². The molecule has 1 atom stereocenters. The van der Waals surface area contributed by atoms with Gasteiger partial charge in [0.05, 0.1) is 18.9 Å². The summed E-state index contributed by atoms with van der Waals surface area (Å²) in [5.74, 6) is 2.13. The summed E-state index contributed by atoms with van der Waals surface area (Å²) in [6.45, 7) is 11.6. The van der Waals surface area contributed by atoms with Crippen molar-refractivity contribution in [3.05, 3.63) is 77.7 Å². The van der Waals surface area contributed by atoms with Crippen LogP contribution >= 0.6 is 11.8 Å². The highest BCUT2D eigenvalue weighted by atomic mass is 32.2. The molecule has 0 aromatic heterocycles. The highest BCUT2D eigenvalue weighted by Gasteiger charge is 2.33. The van der Waals surface area contributed by atoms with E-state index in [4.69, 9.17) is 14.5 Å². The van der Waals surface area contributed by atoms with E-state index in [0.29, 0.717) is 6.73 Å². The fraction of sp³-hybridized carbons (Fsp3) is 0.464. The first-order valence-corrected chi connectivity index (χ1v) is 13.5. The molecule has 0 radical (unpaired) electrons. The molecule has 5 rings (SSSR count). The molecular weight excluding hydrogens is 442 g/mol. The number of rotatable bonds is 7. The van der Waals surface area contributed by atoms with Gasteiger partial charge in [0.2, 0.25) is 0 Å². The lowest BCUT2D eigenvalue weighted by Gasteiger charge is -2.35. The van der Waals surface area contributed by atoms with E-state index >= 15 is 0 Å². The zero-order valence-corrected chi connectivity index (χ0v) is 21.3. The Bertz CT molecular complexity index is 946. The summed E-state index contributed by atoms with van der Waals surface area (Å²) < 4.78 is 11.8. The summed E-state index contributed by atoms with van der Waals surface area (Å²) >= 11 is 1.89. The molecule has 0 saturated carbocycles. The lowest BCUT2D eigenvalue weighted by Crippen LogP contribution is -2.41. The van der Waals surface area contributed by atoms with Gasteiger partial charge in [-0.2, -0.15) is 0 Å². The molecule has 0 N–H and O–H groups in total. The van der Waals surface area contributed by atoms with Crippen LogP contribution in [0.1, 0.15) is 20.3 Å². The lowest BCUT2D eigenvalue weighted by molar-refractivity contribution is 0.0310. The van der Waals surface area contributed by atoms with E-state index in [2.05, 4.69) is 58.4 Å². The number of fused-ring (bicyclic) bond motifs is 2. The van der Waals surface area contributed by atoms with E-state index < -0.39 is 0 Å². The van der Waals surface area contributed by atoms with Gasteiger partial charge in [0, 0.05) is 54.5 Å². The van der Waals surface area contributed by atoms with Gasteiger partial charge in [-0.3, -0.25) is 14.8 Å². The van der Waals surface area contributed by atoms with E-state index in [-0.39, 0.29) is 5.92 Å². The molecule has 1 fully saturated rings. The Morgan fingerprint density at radius 3 is 2.65 bits per heavy atom. The van der Waals surface area contributed by atoms with E-state index in [0.717, 1.165) is 69.6 Å². The second kappa shape index (κ2) is 13.1. The molecule has 3 heterocycles. The highest BCUT2D eigenvalue weighted by Crippen LogP contribution is 2.35. The first-order valence-electron chi connectivity index (χ1n) is 12.5. The van der Waals surface area contributed by atoms with Crippen molar-refractivity contribution in [2.75, 3.05) is 58.4 Å². The van der Waals surface area contributed by atoms with Crippen LogP contribution in [0.5, 0.6) is 0 Å². The molecule has 6 heteroatoms. The largest absolute Gasteiger partial charge is 0.476 e. The van der Waals surface area contributed by atoms with Crippen molar-refractivity contribution in [1.29, 1.82) is 0 Å². The Morgan fingerprint density at radius 1 is 1.03 bits per heavy atom. The third-order valence-corrected chi connectivity index (χ3v) is 7.36. The van der Waals surface area contributed by atoms with Crippen molar-refractivity contribution in [3.63, 3.8) is 0 Å².